The molecule has 9 nitrogen and oxygen atoms in total. The van der Waals surface area contributed by atoms with Gasteiger partial charge >= 0.3 is 5.97 Å². The fourth-order valence-electron chi connectivity index (χ4n) is 4.22. The van der Waals surface area contributed by atoms with E-state index in [1.165, 1.54) is 24.3 Å². The van der Waals surface area contributed by atoms with Crippen LogP contribution in [0.5, 0.6) is 5.75 Å². The van der Waals surface area contributed by atoms with Crippen LogP contribution in [0.2, 0.25) is 0 Å². The summed E-state index contributed by atoms with van der Waals surface area (Å²) in [5.74, 6) is -0.940. The highest BCUT2D eigenvalue weighted by molar-refractivity contribution is 7.92. The Morgan fingerprint density at radius 3 is 2.61 bits per heavy atom. The molecule has 0 bridgehead atoms. The second kappa shape index (κ2) is 9.03. The van der Waals surface area contributed by atoms with Crippen molar-refractivity contribution in [1.29, 1.82) is 0 Å². The van der Waals surface area contributed by atoms with Crippen LogP contribution in [0.3, 0.4) is 0 Å². The summed E-state index contributed by atoms with van der Waals surface area (Å²) in [4.78, 5) is 26.0. The molecule has 0 saturated carbocycles. The summed E-state index contributed by atoms with van der Waals surface area (Å²) in [7, 11) is -2.16. The van der Waals surface area contributed by atoms with Crippen LogP contribution in [0.25, 0.3) is 0 Å². The third-order valence-electron chi connectivity index (χ3n) is 6.00. The Bertz CT molecular complexity index is 1160. The number of anilines is 1. The van der Waals surface area contributed by atoms with Gasteiger partial charge in [-0.1, -0.05) is 17.7 Å². The number of rotatable bonds is 5. The van der Waals surface area contributed by atoms with Crippen LogP contribution in [0.4, 0.5) is 5.69 Å². The monoisotopic (exact) mass is 474 g/mol. The molecule has 1 fully saturated rings. The number of hydrogen-bond donors (Lipinski definition) is 2. The van der Waals surface area contributed by atoms with E-state index in [0.717, 1.165) is 5.56 Å². The minimum atomic E-state index is -3.82. The normalized spacial score (nSPS) is 22.9. The minimum absolute atomic E-state index is 0.0953. The number of amides is 1. The Labute approximate surface area is 192 Å². The molecule has 2 heterocycles. The van der Waals surface area contributed by atoms with Crippen LogP contribution in [-0.2, 0) is 19.6 Å². The SMILES string of the molecule is Cc1ccc(S(=O)(=O)Nc2ccc3c(c2)C(=O)N(C)[C@H]2CC[C@H](CC(=O)O)O[C@@H]2CO3)cc1. The van der Waals surface area contributed by atoms with E-state index < -0.39 is 28.2 Å². The number of sulfonamides is 1. The maximum Gasteiger partial charge on any atom is 0.305 e. The van der Waals surface area contributed by atoms with Crippen LogP contribution in [0.1, 0.15) is 35.2 Å². The zero-order chi connectivity index (χ0) is 23.8. The zero-order valence-electron chi connectivity index (χ0n) is 18.4. The van der Waals surface area contributed by atoms with Crippen LogP contribution < -0.4 is 9.46 Å². The van der Waals surface area contributed by atoms with Crippen molar-refractivity contribution in [2.75, 3.05) is 18.4 Å². The molecule has 4 rings (SSSR count). The van der Waals surface area contributed by atoms with Crippen molar-refractivity contribution in [3.63, 3.8) is 0 Å². The molecule has 0 aliphatic carbocycles. The molecule has 176 valence electrons. The molecular weight excluding hydrogens is 448 g/mol. The molecule has 1 saturated heterocycles. The molecule has 2 aromatic rings. The lowest BCUT2D eigenvalue weighted by Crippen LogP contribution is -2.53. The smallest absolute Gasteiger partial charge is 0.305 e. The van der Waals surface area contributed by atoms with Crippen molar-refractivity contribution in [1.82, 2.24) is 4.90 Å². The van der Waals surface area contributed by atoms with Crippen molar-refractivity contribution in [3.8, 4) is 5.75 Å². The molecule has 10 heteroatoms. The number of aryl methyl sites for hydroxylation is 1. The maximum absolute atomic E-state index is 13.2. The standard InChI is InChI=1S/C23H26N2O7S/c1-14-3-7-17(8-4-14)33(29,30)24-15-5-10-20-18(11-15)23(28)25(2)19-9-6-16(12-22(26)27)32-21(19)13-31-20/h3-5,7-8,10-11,16,19,21,24H,6,9,12-13H2,1-2H3,(H,26,27)/t16-,19+,21-/m1/s1. The highest BCUT2D eigenvalue weighted by atomic mass is 32.2. The molecule has 2 aliphatic rings. The quantitative estimate of drug-likeness (QED) is 0.683. The average Bonchev–Trinajstić information content (AvgIpc) is 2.76. The van der Waals surface area contributed by atoms with E-state index in [1.54, 1.807) is 30.1 Å². The van der Waals surface area contributed by atoms with Crippen molar-refractivity contribution < 1.29 is 32.6 Å². The molecule has 0 radical (unpaired) electrons. The summed E-state index contributed by atoms with van der Waals surface area (Å²) >= 11 is 0. The van der Waals surface area contributed by atoms with Crippen LogP contribution in [0, 0.1) is 6.92 Å². The fraction of sp³-hybridized carbons (Fsp3) is 0.391. The van der Waals surface area contributed by atoms with Crippen molar-refractivity contribution >= 4 is 27.6 Å². The lowest BCUT2D eigenvalue weighted by molar-refractivity contribution is -0.148. The van der Waals surface area contributed by atoms with Gasteiger partial charge in [0.2, 0.25) is 0 Å². The summed E-state index contributed by atoms with van der Waals surface area (Å²) in [6.07, 6.45) is 0.137. The van der Waals surface area contributed by atoms with E-state index in [1.807, 2.05) is 6.92 Å². The van der Waals surface area contributed by atoms with Gasteiger partial charge in [-0.05, 0) is 50.1 Å². The van der Waals surface area contributed by atoms with Gasteiger partial charge in [0.1, 0.15) is 18.5 Å². The summed E-state index contributed by atoms with van der Waals surface area (Å²) in [6.45, 7) is 2.02. The van der Waals surface area contributed by atoms with Crippen LogP contribution in [0.15, 0.2) is 47.4 Å². The number of aliphatic carboxylic acids is 1. The summed E-state index contributed by atoms with van der Waals surface area (Å²) in [5.41, 5.74) is 1.44. The second-order valence-corrected chi connectivity index (χ2v) is 10.1. The van der Waals surface area contributed by atoms with Gasteiger partial charge in [-0.3, -0.25) is 14.3 Å². The van der Waals surface area contributed by atoms with Crippen molar-refractivity contribution in [2.24, 2.45) is 0 Å². The van der Waals surface area contributed by atoms with Gasteiger partial charge in [-0.25, -0.2) is 8.42 Å². The van der Waals surface area contributed by atoms with E-state index in [0.29, 0.717) is 18.6 Å². The zero-order valence-corrected chi connectivity index (χ0v) is 19.2. The lowest BCUT2D eigenvalue weighted by Gasteiger charge is -2.42. The van der Waals surface area contributed by atoms with Crippen LogP contribution >= 0.6 is 0 Å². The van der Waals surface area contributed by atoms with Gasteiger partial charge in [-0.15, -0.1) is 0 Å². The number of carbonyl (C=O) groups excluding carboxylic acids is 1. The number of nitrogens with zero attached hydrogens (tertiary/aromatic N) is 1. The average molecular weight is 475 g/mol. The number of benzene rings is 2. The molecular formula is C23H26N2O7S. The first-order chi connectivity index (χ1) is 15.6. The number of carboxylic acid groups (broad SMARTS) is 1. The molecule has 0 spiro atoms. The predicted molar refractivity (Wildman–Crippen MR) is 120 cm³/mol. The van der Waals surface area contributed by atoms with Crippen molar-refractivity contribution in [3.05, 3.63) is 53.6 Å². The van der Waals surface area contributed by atoms with E-state index in [9.17, 15) is 18.0 Å². The molecule has 2 N–H and O–H groups in total. The molecule has 2 aliphatic heterocycles. The topological polar surface area (TPSA) is 122 Å². The van der Waals surface area contributed by atoms with Gasteiger partial charge in [-0.2, -0.15) is 0 Å². The number of carboxylic acids is 1. The summed E-state index contributed by atoms with van der Waals surface area (Å²) < 4.78 is 39.8. The Balaban J connectivity index is 1.57. The van der Waals surface area contributed by atoms with Gasteiger partial charge in [0.25, 0.3) is 15.9 Å². The number of likely N-dealkylation sites (N-methyl/N-ethyl adjacent to an activating group) is 1. The molecule has 0 aromatic heterocycles. The van der Waals surface area contributed by atoms with E-state index >= 15 is 0 Å². The minimum Gasteiger partial charge on any atom is -0.490 e. The highest BCUT2D eigenvalue weighted by Crippen LogP contribution is 2.33. The van der Waals surface area contributed by atoms with Gasteiger partial charge in [0, 0.05) is 12.7 Å². The summed E-state index contributed by atoms with van der Waals surface area (Å²) in [5, 5.41) is 9.05. The Hall–Kier alpha value is -3.11. The number of hydrogen-bond acceptors (Lipinski definition) is 6. The summed E-state index contributed by atoms with van der Waals surface area (Å²) in [6, 6.07) is 10.7. The first-order valence-electron chi connectivity index (χ1n) is 10.6. The van der Waals surface area contributed by atoms with Crippen LogP contribution in [-0.4, -0.2) is 62.2 Å². The third-order valence-corrected chi connectivity index (χ3v) is 7.39. The number of fused-ring (bicyclic) bond motifs is 2. The molecule has 2 aromatic carbocycles. The Kier molecular flexibility index (Phi) is 6.31. The largest absolute Gasteiger partial charge is 0.490 e. The highest BCUT2D eigenvalue weighted by Gasteiger charge is 2.39. The van der Waals surface area contributed by atoms with E-state index in [4.69, 9.17) is 14.6 Å². The van der Waals surface area contributed by atoms with Gasteiger partial charge in [0.15, 0.2) is 0 Å². The fourth-order valence-corrected chi connectivity index (χ4v) is 5.27. The number of carbonyl (C=O) groups is 2. The molecule has 3 atom stereocenters. The van der Waals surface area contributed by atoms with Crippen molar-refractivity contribution in [2.45, 2.75) is 49.3 Å². The van der Waals surface area contributed by atoms with Gasteiger partial charge in [0.05, 0.1) is 29.0 Å². The molecule has 33 heavy (non-hydrogen) atoms. The Morgan fingerprint density at radius 1 is 1.18 bits per heavy atom. The van der Waals surface area contributed by atoms with E-state index in [2.05, 4.69) is 4.72 Å². The predicted octanol–water partition coefficient (Wildman–Crippen LogP) is 2.65. The second-order valence-electron chi connectivity index (χ2n) is 8.40. The number of nitrogens with one attached hydrogen (secondary N) is 1. The maximum atomic E-state index is 13.2. The van der Waals surface area contributed by atoms with Gasteiger partial charge < -0.3 is 19.5 Å². The number of ether oxygens (including phenoxy) is 2. The Morgan fingerprint density at radius 2 is 1.91 bits per heavy atom. The first-order valence-corrected chi connectivity index (χ1v) is 12.1. The lowest BCUT2D eigenvalue weighted by atomic mass is 9.95. The molecule has 1 amide bonds. The third kappa shape index (κ3) is 4.96. The first kappa shape index (κ1) is 23.1. The molecule has 0 unspecified atom stereocenters. The van der Waals surface area contributed by atoms with E-state index in [-0.39, 0.29) is 41.1 Å².